The standard InChI is InChI=1S/C3H9O3PS2/c4-7(5,6)3(9)1-2-8/h3,8-9H,1-2H2,(H2,4,5,6). The van der Waals surface area contributed by atoms with Crippen LogP contribution in [0, 0.1) is 0 Å². The summed E-state index contributed by atoms with van der Waals surface area (Å²) < 4.78 is 10.3. The van der Waals surface area contributed by atoms with Crippen molar-refractivity contribution in [2.45, 2.75) is 11.4 Å². The maximum Gasteiger partial charge on any atom is 0.338 e. The summed E-state index contributed by atoms with van der Waals surface area (Å²) in [6.07, 6.45) is 0.330. The van der Waals surface area contributed by atoms with Crippen molar-refractivity contribution in [2.75, 3.05) is 5.75 Å². The van der Waals surface area contributed by atoms with E-state index in [0.29, 0.717) is 12.2 Å². The Labute approximate surface area is 64.8 Å². The first-order valence-corrected chi connectivity index (χ1v) is 5.15. The zero-order valence-corrected chi connectivity index (χ0v) is 7.32. The summed E-state index contributed by atoms with van der Waals surface area (Å²) in [5, 5.41) is 0. The van der Waals surface area contributed by atoms with Crippen molar-refractivity contribution in [3.63, 3.8) is 0 Å². The molecule has 0 aliphatic rings. The van der Waals surface area contributed by atoms with Gasteiger partial charge < -0.3 is 9.79 Å². The van der Waals surface area contributed by atoms with Gasteiger partial charge in [0.2, 0.25) is 0 Å². The lowest BCUT2D eigenvalue weighted by Crippen LogP contribution is -1.99. The summed E-state index contributed by atoms with van der Waals surface area (Å²) >= 11 is 7.48. The SMILES string of the molecule is O=P(O)(O)C(S)CCS. The van der Waals surface area contributed by atoms with Crippen LogP contribution in [0.25, 0.3) is 0 Å². The molecule has 9 heavy (non-hydrogen) atoms. The van der Waals surface area contributed by atoms with Gasteiger partial charge in [0.1, 0.15) is 4.99 Å². The van der Waals surface area contributed by atoms with Gasteiger partial charge in [0.15, 0.2) is 0 Å². The van der Waals surface area contributed by atoms with Crippen LogP contribution in [0.2, 0.25) is 0 Å². The first kappa shape index (κ1) is 9.85. The van der Waals surface area contributed by atoms with Crippen LogP contribution in [-0.2, 0) is 4.57 Å². The first-order chi connectivity index (χ1) is 3.98. The largest absolute Gasteiger partial charge is 0.338 e. The van der Waals surface area contributed by atoms with E-state index >= 15 is 0 Å². The molecule has 0 amide bonds. The van der Waals surface area contributed by atoms with Crippen molar-refractivity contribution in [1.29, 1.82) is 0 Å². The van der Waals surface area contributed by atoms with E-state index in [1.54, 1.807) is 0 Å². The molecule has 0 heterocycles. The van der Waals surface area contributed by atoms with Gasteiger partial charge >= 0.3 is 7.60 Å². The Balaban J connectivity index is 3.74. The highest BCUT2D eigenvalue weighted by molar-refractivity contribution is 7.89. The molecule has 0 aromatic carbocycles. The molecule has 0 saturated carbocycles. The molecule has 6 heteroatoms. The third kappa shape index (κ3) is 4.28. The minimum atomic E-state index is -3.96. The van der Waals surface area contributed by atoms with Crippen LogP contribution >= 0.6 is 32.9 Å². The summed E-state index contributed by atoms with van der Waals surface area (Å²) in [6, 6.07) is 0. The third-order valence-electron chi connectivity index (χ3n) is 0.776. The average Bonchev–Trinajstić information content (AvgIpc) is 1.64. The van der Waals surface area contributed by atoms with E-state index in [4.69, 9.17) is 9.79 Å². The van der Waals surface area contributed by atoms with Gasteiger partial charge in [-0.1, -0.05) is 0 Å². The molecule has 56 valence electrons. The van der Waals surface area contributed by atoms with E-state index in [1.165, 1.54) is 0 Å². The van der Waals surface area contributed by atoms with Crippen molar-refractivity contribution in [1.82, 2.24) is 0 Å². The van der Waals surface area contributed by atoms with Crippen LogP contribution in [0.15, 0.2) is 0 Å². The molecule has 0 aromatic rings. The van der Waals surface area contributed by atoms with Crippen LogP contribution in [0.4, 0.5) is 0 Å². The van der Waals surface area contributed by atoms with Crippen molar-refractivity contribution in [3.05, 3.63) is 0 Å². The molecule has 0 bridgehead atoms. The highest BCUT2D eigenvalue weighted by atomic mass is 32.1. The van der Waals surface area contributed by atoms with Gasteiger partial charge in [-0.05, 0) is 12.2 Å². The Morgan fingerprint density at radius 3 is 2.11 bits per heavy atom. The van der Waals surface area contributed by atoms with E-state index in [0.717, 1.165) is 0 Å². The van der Waals surface area contributed by atoms with Gasteiger partial charge in [-0.3, -0.25) is 4.57 Å². The Morgan fingerprint density at radius 1 is 1.56 bits per heavy atom. The maximum absolute atomic E-state index is 10.3. The van der Waals surface area contributed by atoms with Crippen LogP contribution in [0.3, 0.4) is 0 Å². The molecule has 1 atom stereocenters. The number of hydrogen-bond donors (Lipinski definition) is 4. The third-order valence-corrected chi connectivity index (χ3v) is 3.23. The fraction of sp³-hybridized carbons (Fsp3) is 1.00. The molecule has 3 nitrogen and oxygen atoms in total. The number of thiol groups is 2. The molecule has 0 rings (SSSR count). The van der Waals surface area contributed by atoms with Gasteiger partial charge in [0.05, 0.1) is 0 Å². The lowest BCUT2D eigenvalue weighted by molar-refractivity contribution is 0.369. The van der Waals surface area contributed by atoms with E-state index in [2.05, 4.69) is 25.3 Å². The molecule has 0 radical (unpaired) electrons. The molecule has 1 unspecified atom stereocenters. The smallest absolute Gasteiger partial charge is 0.324 e. The van der Waals surface area contributed by atoms with Crippen molar-refractivity contribution in [3.8, 4) is 0 Å². The van der Waals surface area contributed by atoms with E-state index in [9.17, 15) is 4.57 Å². The zero-order chi connectivity index (χ0) is 7.49. The summed E-state index contributed by atoms with van der Waals surface area (Å²) in [4.78, 5) is 16.0. The normalized spacial score (nSPS) is 15.6. The van der Waals surface area contributed by atoms with Crippen molar-refractivity contribution >= 4 is 32.9 Å². The first-order valence-electron chi connectivity index (χ1n) is 2.32. The highest BCUT2D eigenvalue weighted by Crippen LogP contribution is 2.44. The van der Waals surface area contributed by atoms with Gasteiger partial charge in [0, 0.05) is 0 Å². The molecule has 0 fully saturated rings. The Kier molecular flexibility index (Phi) is 4.25. The highest BCUT2D eigenvalue weighted by Gasteiger charge is 2.23. The van der Waals surface area contributed by atoms with Crippen LogP contribution < -0.4 is 0 Å². The molecular weight excluding hydrogens is 179 g/mol. The second kappa shape index (κ2) is 3.88. The number of rotatable bonds is 3. The summed E-state index contributed by atoms with van der Waals surface area (Å²) in [5.41, 5.74) is 0. The lowest BCUT2D eigenvalue weighted by Gasteiger charge is -2.09. The number of hydrogen-bond acceptors (Lipinski definition) is 3. The van der Waals surface area contributed by atoms with Gasteiger partial charge in [-0.2, -0.15) is 25.3 Å². The summed E-state index contributed by atoms with van der Waals surface area (Å²) in [7, 11) is -3.96. The summed E-state index contributed by atoms with van der Waals surface area (Å²) in [6.45, 7) is 0. The van der Waals surface area contributed by atoms with Crippen LogP contribution in [0.5, 0.6) is 0 Å². The zero-order valence-electron chi connectivity index (χ0n) is 4.64. The van der Waals surface area contributed by atoms with E-state index in [1.807, 2.05) is 0 Å². The quantitative estimate of drug-likeness (QED) is 0.390. The lowest BCUT2D eigenvalue weighted by atomic mass is 10.6. The van der Waals surface area contributed by atoms with Crippen molar-refractivity contribution < 1.29 is 14.4 Å². The van der Waals surface area contributed by atoms with Gasteiger partial charge in [0.25, 0.3) is 0 Å². The maximum atomic E-state index is 10.3. The average molecular weight is 188 g/mol. The molecule has 0 aliphatic heterocycles. The van der Waals surface area contributed by atoms with Crippen molar-refractivity contribution in [2.24, 2.45) is 0 Å². The van der Waals surface area contributed by atoms with E-state index < -0.39 is 12.6 Å². The monoisotopic (exact) mass is 188 g/mol. The molecular formula is C3H9O3PS2. The molecule has 2 N–H and O–H groups in total. The van der Waals surface area contributed by atoms with Crippen LogP contribution in [0.1, 0.15) is 6.42 Å². The molecule has 0 aromatic heterocycles. The fourth-order valence-corrected chi connectivity index (χ4v) is 1.54. The summed E-state index contributed by atoms with van der Waals surface area (Å²) in [5.74, 6) is 0.444. The molecule has 0 spiro atoms. The van der Waals surface area contributed by atoms with Gasteiger partial charge in [-0.15, -0.1) is 0 Å². The second-order valence-corrected chi connectivity index (χ2v) is 4.86. The fourth-order valence-electron chi connectivity index (χ4n) is 0.284. The molecule has 0 aliphatic carbocycles. The Bertz CT molecular complexity index is 122. The molecule has 0 saturated heterocycles. The van der Waals surface area contributed by atoms with Crippen LogP contribution in [-0.4, -0.2) is 20.5 Å². The predicted molar refractivity (Wildman–Crippen MR) is 43.3 cm³/mol. The Hall–Kier alpha value is 0.850. The predicted octanol–water partition coefficient (Wildman–Crippen LogP) is 0.740. The minimum absolute atomic E-state index is 0.330. The second-order valence-electron chi connectivity index (χ2n) is 1.58. The Morgan fingerprint density at radius 2 is 2.00 bits per heavy atom. The van der Waals surface area contributed by atoms with E-state index in [-0.39, 0.29) is 0 Å². The van der Waals surface area contributed by atoms with Gasteiger partial charge in [-0.25, -0.2) is 0 Å². The topological polar surface area (TPSA) is 57.5 Å². The minimum Gasteiger partial charge on any atom is -0.324 e.